The Bertz CT molecular complexity index is 795. The van der Waals surface area contributed by atoms with Crippen LogP contribution in [0.3, 0.4) is 0 Å². The number of carbonyl (C=O) groups is 1. The fourth-order valence-electron chi connectivity index (χ4n) is 2.32. The Morgan fingerprint density at radius 2 is 2.05 bits per heavy atom. The Hall–Kier alpha value is -2.05. The Labute approximate surface area is 129 Å². The number of fused-ring (bicyclic) bond motifs is 1. The van der Waals surface area contributed by atoms with Crippen LogP contribution in [0.5, 0.6) is 0 Å². The van der Waals surface area contributed by atoms with Gasteiger partial charge in [0.25, 0.3) is 5.91 Å². The maximum absolute atomic E-state index is 12.6. The number of carbonyl (C=O) groups excluding carboxylic acids is 1. The van der Waals surface area contributed by atoms with Crippen molar-refractivity contribution in [2.45, 2.75) is 6.42 Å². The summed E-state index contributed by atoms with van der Waals surface area (Å²) in [6, 6.07) is 7.78. The first kappa shape index (κ1) is 13.9. The monoisotopic (exact) mass is 344 g/mol. The molecule has 2 aromatic heterocycles. The van der Waals surface area contributed by atoms with Gasteiger partial charge >= 0.3 is 0 Å². The summed E-state index contributed by atoms with van der Waals surface area (Å²) in [4.78, 5) is 20.8. The number of hydrogen-bond acceptors (Lipinski definition) is 4. The molecule has 2 heterocycles. The Morgan fingerprint density at radius 1 is 1.24 bits per heavy atom. The topological polar surface area (TPSA) is 73.8 Å². The van der Waals surface area contributed by atoms with Crippen LogP contribution in [0.25, 0.3) is 10.9 Å². The number of rotatable bonds is 3. The fraction of sp³-hybridized carbons (Fsp3) is 0.133. The Morgan fingerprint density at radius 3 is 2.76 bits per heavy atom. The minimum Gasteiger partial charge on any atom is -0.330 e. The van der Waals surface area contributed by atoms with Crippen molar-refractivity contribution in [3.05, 3.63) is 58.7 Å². The molecule has 3 aromatic rings. The molecule has 0 unspecified atom stereocenters. The molecule has 2 N–H and O–H groups in total. The molecule has 6 heteroatoms. The van der Waals surface area contributed by atoms with Crippen molar-refractivity contribution in [2.24, 2.45) is 5.73 Å². The smallest absolute Gasteiger partial charge is 0.282 e. The molecule has 3 rings (SSSR count). The van der Waals surface area contributed by atoms with Gasteiger partial charge in [-0.1, -0.05) is 18.2 Å². The molecule has 1 aromatic carbocycles. The third-order valence-corrected chi connectivity index (χ3v) is 3.68. The number of benzene rings is 1. The molecule has 0 aliphatic rings. The number of para-hydroxylation sites is 1. The van der Waals surface area contributed by atoms with Crippen LogP contribution in [0.1, 0.15) is 16.1 Å². The summed E-state index contributed by atoms with van der Waals surface area (Å²) in [5.41, 5.74) is 7.87. The van der Waals surface area contributed by atoms with E-state index in [1.54, 1.807) is 4.57 Å². The van der Waals surface area contributed by atoms with Crippen LogP contribution in [0, 0.1) is 0 Å². The van der Waals surface area contributed by atoms with Gasteiger partial charge < -0.3 is 5.73 Å². The molecule has 5 nitrogen and oxygen atoms in total. The van der Waals surface area contributed by atoms with Crippen molar-refractivity contribution in [1.82, 2.24) is 14.5 Å². The number of halogens is 1. The predicted molar refractivity (Wildman–Crippen MR) is 84.2 cm³/mol. The summed E-state index contributed by atoms with van der Waals surface area (Å²) in [5.74, 6) is -0.200. The van der Waals surface area contributed by atoms with E-state index in [1.807, 2.05) is 30.5 Å². The van der Waals surface area contributed by atoms with Crippen LogP contribution in [0.4, 0.5) is 0 Å². The van der Waals surface area contributed by atoms with E-state index in [0.29, 0.717) is 16.8 Å². The van der Waals surface area contributed by atoms with Gasteiger partial charge in [0.05, 0.1) is 17.9 Å². The summed E-state index contributed by atoms with van der Waals surface area (Å²) < 4.78 is 2.21. The number of nitrogens with zero attached hydrogens (tertiary/aromatic N) is 3. The molecule has 106 valence electrons. The average Bonchev–Trinajstić information content (AvgIpc) is 2.87. The average molecular weight is 345 g/mol. The van der Waals surface area contributed by atoms with Crippen LogP contribution in [-0.4, -0.2) is 27.0 Å². The zero-order chi connectivity index (χ0) is 14.8. The highest BCUT2D eigenvalue weighted by Crippen LogP contribution is 2.22. The first-order valence-corrected chi connectivity index (χ1v) is 7.31. The van der Waals surface area contributed by atoms with Gasteiger partial charge in [0.2, 0.25) is 0 Å². The molecule has 0 radical (unpaired) electrons. The largest absolute Gasteiger partial charge is 0.330 e. The van der Waals surface area contributed by atoms with E-state index in [2.05, 4.69) is 25.9 Å². The van der Waals surface area contributed by atoms with Gasteiger partial charge in [0, 0.05) is 11.6 Å². The van der Waals surface area contributed by atoms with Crippen molar-refractivity contribution < 1.29 is 4.79 Å². The zero-order valence-electron chi connectivity index (χ0n) is 11.2. The number of hydrogen-bond donors (Lipinski definition) is 1. The molecule has 0 saturated heterocycles. The van der Waals surface area contributed by atoms with Crippen LogP contribution >= 0.6 is 15.9 Å². The lowest BCUT2D eigenvalue weighted by atomic mass is 10.1. The molecule has 0 fully saturated rings. The van der Waals surface area contributed by atoms with Crippen LogP contribution < -0.4 is 5.73 Å². The summed E-state index contributed by atoms with van der Waals surface area (Å²) in [5, 5.41) is 1.04. The quantitative estimate of drug-likeness (QED) is 0.791. The highest BCUT2D eigenvalue weighted by Gasteiger charge is 2.16. The Kier molecular flexibility index (Phi) is 3.81. The van der Waals surface area contributed by atoms with E-state index in [9.17, 15) is 4.79 Å². The lowest BCUT2D eigenvalue weighted by molar-refractivity contribution is 0.0959. The molecule has 0 atom stereocenters. The highest BCUT2D eigenvalue weighted by atomic mass is 79.9. The molecule has 0 aliphatic carbocycles. The van der Waals surface area contributed by atoms with Crippen LogP contribution in [0.2, 0.25) is 0 Å². The van der Waals surface area contributed by atoms with Crippen LogP contribution in [-0.2, 0) is 6.42 Å². The van der Waals surface area contributed by atoms with E-state index in [4.69, 9.17) is 5.73 Å². The molecule has 21 heavy (non-hydrogen) atoms. The molecule has 0 spiro atoms. The standard InChI is InChI=1S/C15H13BrN4O/c16-14-8-18-12(7-19-14)15(21)20-9-10(5-6-17)11-3-1-2-4-13(11)20/h1-4,7-9H,5-6,17H2. The molecule has 0 saturated carbocycles. The highest BCUT2D eigenvalue weighted by molar-refractivity contribution is 9.10. The van der Waals surface area contributed by atoms with Gasteiger partial charge in [0.1, 0.15) is 10.3 Å². The molecular formula is C15H13BrN4O. The first-order chi connectivity index (χ1) is 10.2. The van der Waals surface area contributed by atoms with Crippen molar-refractivity contribution >= 4 is 32.7 Å². The van der Waals surface area contributed by atoms with E-state index >= 15 is 0 Å². The zero-order valence-corrected chi connectivity index (χ0v) is 12.7. The van der Waals surface area contributed by atoms with Crippen molar-refractivity contribution in [1.29, 1.82) is 0 Å². The van der Waals surface area contributed by atoms with Gasteiger partial charge in [-0.3, -0.25) is 9.36 Å². The van der Waals surface area contributed by atoms with Crippen molar-refractivity contribution in [3.8, 4) is 0 Å². The second-order valence-corrected chi connectivity index (χ2v) is 5.42. The van der Waals surface area contributed by atoms with E-state index in [-0.39, 0.29) is 5.91 Å². The molecule has 0 bridgehead atoms. The summed E-state index contributed by atoms with van der Waals surface area (Å²) in [6.45, 7) is 0.542. The number of nitrogens with two attached hydrogens (primary N) is 1. The van der Waals surface area contributed by atoms with E-state index in [0.717, 1.165) is 22.9 Å². The van der Waals surface area contributed by atoms with E-state index in [1.165, 1.54) is 12.4 Å². The lowest BCUT2D eigenvalue weighted by Gasteiger charge is -2.02. The SMILES string of the molecule is NCCc1cn(C(=O)c2cnc(Br)cn2)c2ccccc12. The normalized spacial score (nSPS) is 11.0. The van der Waals surface area contributed by atoms with Crippen LogP contribution in [0.15, 0.2) is 47.5 Å². The van der Waals surface area contributed by atoms with Gasteiger partial charge in [-0.05, 0) is 40.5 Å². The first-order valence-electron chi connectivity index (χ1n) is 6.52. The van der Waals surface area contributed by atoms with Gasteiger partial charge in [-0.15, -0.1) is 0 Å². The molecule has 0 amide bonds. The third kappa shape index (κ3) is 2.59. The van der Waals surface area contributed by atoms with Gasteiger partial charge in [0.15, 0.2) is 0 Å². The summed E-state index contributed by atoms with van der Waals surface area (Å²) in [6.07, 6.45) is 5.54. The lowest BCUT2D eigenvalue weighted by Crippen LogP contribution is -2.13. The maximum Gasteiger partial charge on any atom is 0.282 e. The fourth-order valence-corrected chi connectivity index (χ4v) is 2.52. The summed E-state index contributed by atoms with van der Waals surface area (Å²) in [7, 11) is 0. The molecule has 0 aliphatic heterocycles. The molecular weight excluding hydrogens is 332 g/mol. The minimum atomic E-state index is -0.200. The van der Waals surface area contributed by atoms with Gasteiger partial charge in [-0.2, -0.15) is 0 Å². The second kappa shape index (κ2) is 5.75. The Balaban J connectivity index is 2.11. The third-order valence-electron chi connectivity index (χ3n) is 3.27. The maximum atomic E-state index is 12.6. The van der Waals surface area contributed by atoms with Crippen molar-refractivity contribution in [3.63, 3.8) is 0 Å². The van der Waals surface area contributed by atoms with E-state index < -0.39 is 0 Å². The predicted octanol–water partition coefficient (Wildman–Crippen LogP) is 2.38. The van der Waals surface area contributed by atoms with Crippen molar-refractivity contribution in [2.75, 3.05) is 6.54 Å². The summed E-state index contributed by atoms with van der Waals surface area (Å²) >= 11 is 3.21. The van der Waals surface area contributed by atoms with Gasteiger partial charge in [-0.25, -0.2) is 9.97 Å². The minimum absolute atomic E-state index is 0.200. The number of aromatic nitrogens is 3. The second-order valence-electron chi connectivity index (χ2n) is 4.61.